The maximum absolute atomic E-state index is 12.4. The van der Waals surface area contributed by atoms with E-state index < -0.39 is 23.7 Å². The van der Waals surface area contributed by atoms with Gasteiger partial charge in [-0.25, -0.2) is 4.79 Å². The molecule has 2 atom stereocenters. The topological polar surface area (TPSA) is 104 Å². The van der Waals surface area contributed by atoms with E-state index in [4.69, 9.17) is 5.11 Å². The molecule has 0 spiro atoms. The van der Waals surface area contributed by atoms with Crippen LogP contribution in [0.3, 0.4) is 0 Å². The van der Waals surface area contributed by atoms with Gasteiger partial charge in [-0.05, 0) is 16.9 Å². The minimum absolute atomic E-state index is 0.0615. The predicted molar refractivity (Wildman–Crippen MR) is 102 cm³/mol. The van der Waals surface area contributed by atoms with Crippen LogP contribution in [-0.4, -0.2) is 51.4 Å². The smallest absolute Gasteiger partial charge is 0.374 e. The van der Waals surface area contributed by atoms with Gasteiger partial charge in [-0.15, -0.1) is 11.8 Å². The van der Waals surface area contributed by atoms with Gasteiger partial charge in [-0.1, -0.05) is 44.2 Å². The maximum atomic E-state index is 12.4. The number of thioether (sulfide) groups is 1. The first kappa shape index (κ1) is 20.7. The van der Waals surface area contributed by atoms with Gasteiger partial charge in [0.1, 0.15) is 12.6 Å². The normalized spacial score (nSPS) is 17.7. The van der Waals surface area contributed by atoms with Crippen molar-refractivity contribution in [1.29, 1.82) is 0 Å². The fourth-order valence-electron chi connectivity index (χ4n) is 2.66. The minimum Gasteiger partial charge on any atom is -0.475 e. The highest BCUT2D eigenvalue weighted by atomic mass is 32.2. The van der Waals surface area contributed by atoms with E-state index in [1.54, 1.807) is 35.7 Å². The molecule has 1 aromatic carbocycles. The molecule has 0 radical (unpaired) electrons. The van der Waals surface area contributed by atoms with Crippen LogP contribution in [0.4, 0.5) is 0 Å². The molecular formula is C19H22N2O5S. The zero-order valence-corrected chi connectivity index (χ0v) is 15.9. The first-order chi connectivity index (χ1) is 12.8. The number of hydrogen-bond acceptors (Lipinski definition) is 5. The molecule has 0 fully saturated rings. The highest BCUT2D eigenvalue weighted by molar-refractivity contribution is 8.03. The predicted octanol–water partition coefficient (Wildman–Crippen LogP) is 1.44. The Morgan fingerprint density at radius 2 is 1.89 bits per heavy atom. The Balaban J connectivity index is 2.06. The summed E-state index contributed by atoms with van der Waals surface area (Å²) < 4.78 is 0. The SMILES string of the molecule is CC(C)[C@@H]1SC=CN(CC(=O)N[C@@H](Cc2ccccc2)C(=O)C(=O)O)C1=O. The van der Waals surface area contributed by atoms with E-state index >= 15 is 0 Å². The molecule has 2 N–H and O–H groups in total. The van der Waals surface area contributed by atoms with Gasteiger partial charge in [-0.2, -0.15) is 0 Å². The summed E-state index contributed by atoms with van der Waals surface area (Å²) in [6.07, 6.45) is 1.59. The quantitative estimate of drug-likeness (QED) is 0.651. The van der Waals surface area contributed by atoms with Crippen molar-refractivity contribution in [3.05, 3.63) is 47.5 Å². The van der Waals surface area contributed by atoms with Gasteiger partial charge in [0.15, 0.2) is 0 Å². The summed E-state index contributed by atoms with van der Waals surface area (Å²) in [4.78, 5) is 49.2. The van der Waals surface area contributed by atoms with Gasteiger partial charge in [0.2, 0.25) is 11.8 Å². The van der Waals surface area contributed by atoms with E-state index in [9.17, 15) is 19.2 Å². The molecule has 1 aliphatic heterocycles. The molecule has 1 aromatic rings. The Labute approximate surface area is 161 Å². The molecule has 0 unspecified atom stereocenters. The summed E-state index contributed by atoms with van der Waals surface area (Å²) in [7, 11) is 0. The number of carbonyl (C=O) groups excluding carboxylic acids is 3. The average Bonchev–Trinajstić information content (AvgIpc) is 2.62. The Hall–Kier alpha value is -2.61. The standard InChI is InChI=1S/C19H22N2O5S/c1-12(2)17-18(24)21(8-9-27-17)11-15(22)20-14(16(23)19(25)26)10-13-6-4-3-5-7-13/h3-9,12,14,17H,10-11H2,1-2H3,(H,20,22)(H,25,26)/t14-,17-/m0/s1. The van der Waals surface area contributed by atoms with Gasteiger partial charge < -0.3 is 15.3 Å². The molecule has 27 heavy (non-hydrogen) atoms. The molecule has 1 heterocycles. The summed E-state index contributed by atoms with van der Waals surface area (Å²) >= 11 is 1.40. The van der Waals surface area contributed by atoms with Gasteiger partial charge >= 0.3 is 5.97 Å². The monoisotopic (exact) mass is 390 g/mol. The second-order valence-corrected chi connectivity index (χ2v) is 7.58. The number of hydrogen-bond donors (Lipinski definition) is 2. The zero-order valence-electron chi connectivity index (χ0n) is 15.1. The highest BCUT2D eigenvalue weighted by Crippen LogP contribution is 2.26. The molecule has 2 rings (SSSR count). The van der Waals surface area contributed by atoms with E-state index in [2.05, 4.69) is 5.32 Å². The molecule has 7 nitrogen and oxygen atoms in total. The first-order valence-electron chi connectivity index (χ1n) is 8.52. The van der Waals surface area contributed by atoms with E-state index in [1.165, 1.54) is 22.9 Å². The van der Waals surface area contributed by atoms with Crippen molar-refractivity contribution in [3.8, 4) is 0 Å². The van der Waals surface area contributed by atoms with Crippen LogP contribution < -0.4 is 5.32 Å². The molecule has 0 aromatic heterocycles. The number of amides is 2. The number of ketones is 1. The van der Waals surface area contributed by atoms with Gasteiger partial charge in [0.25, 0.3) is 5.78 Å². The summed E-state index contributed by atoms with van der Waals surface area (Å²) in [5.74, 6) is -3.36. The second kappa shape index (κ2) is 9.36. The van der Waals surface area contributed by atoms with Crippen LogP contribution in [0.25, 0.3) is 0 Å². The van der Waals surface area contributed by atoms with Crippen LogP contribution in [0, 0.1) is 5.92 Å². The Morgan fingerprint density at radius 1 is 1.22 bits per heavy atom. The lowest BCUT2D eigenvalue weighted by Gasteiger charge is -2.29. The summed E-state index contributed by atoms with van der Waals surface area (Å²) in [6.45, 7) is 3.58. The minimum atomic E-state index is -1.61. The third kappa shape index (κ3) is 5.68. The zero-order chi connectivity index (χ0) is 20.0. The van der Waals surface area contributed by atoms with Crippen molar-refractivity contribution in [3.63, 3.8) is 0 Å². The number of Topliss-reactive ketones (excluding diaryl/α,β-unsaturated/α-hetero) is 1. The molecule has 0 saturated heterocycles. The lowest BCUT2D eigenvalue weighted by molar-refractivity contribution is -0.150. The van der Waals surface area contributed by atoms with E-state index in [1.807, 2.05) is 13.8 Å². The Bertz CT molecular complexity index is 748. The first-order valence-corrected chi connectivity index (χ1v) is 9.47. The number of aliphatic carboxylic acids is 1. The number of carbonyl (C=O) groups is 4. The van der Waals surface area contributed by atoms with Crippen molar-refractivity contribution in [2.45, 2.75) is 31.6 Å². The Kier molecular flexibility index (Phi) is 7.18. The van der Waals surface area contributed by atoms with Crippen molar-refractivity contribution >= 4 is 35.3 Å². The molecular weight excluding hydrogens is 368 g/mol. The van der Waals surface area contributed by atoms with Crippen LogP contribution in [0.15, 0.2) is 41.9 Å². The van der Waals surface area contributed by atoms with Crippen LogP contribution in [0.1, 0.15) is 19.4 Å². The summed E-state index contributed by atoms with van der Waals surface area (Å²) in [5.41, 5.74) is 0.725. The van der Waals surface area contributed by atoms with Crippen molar-refractivity contribution in [1.82, 2.24) is 10.2 Å². The number of rotatable bonds is 8. The van der Waals surface area contributed by atoms with Gasteiger partial charge in [0, 0.05) is 12.6 Å². The number of carboxylic acids is 1. The maximum Gasteiger partial charge on any atom is 0.374 e. The van der Waals surface area contributed by atoms with E-state index in [0.717, 1.165) is 5.56 Å². The molecule has 2 amide bonds. The van der Waals surface area contributed by atoms with Crippen LogP contribution in [0.5, 0.6) is 0 Å². The van der Waals surface area contributed by atoms with Crippen LogP contribution in [0.2, 0.25) is 0 Å². The Morgan fingerprint density at radius 3 is 2.48 bits per heavy atom. The summed E-state index contributed by atoms with van der Waals surface area (Å²) in [5, 5.41) is 13.0. The van der Waals surface area contributed by atoms with Crippen molar-refractivity contribution < 1.29 is 24.3 Å². The van der Waals surface area contributed by atoms with Gasteiger partial charge in [-0.3, -0.25) is 14.4 Å². The fraction of sp³-hybridized carbons (Fsp3) is 0.368. The third-order valence-electron chi connectivity index (χ3n) is 4.06. The molecule has 0 aliphatic carbocycles. The molecule has 1 aliphatic rings. The largest absolute Gasteiger partial charge is 0.475 e. The number of nitrogens with zero attached hydrogens (tertiary/aromatic N) is 1. The van der Waals surface area contributed by atoms with Crippen LogP contribution >= 0.6 is 11.8 Å². The van der Waals surface area contributed by atoms with Gasteiger partial charge in [0.05, 0.1) is 5.25 Å². The molecule has 0 saturated carbocycles. The number of carboxylic acid groups (broad SMARTS) is 1. The number of nitrogens with one attached hydrogen (secondary N) is 1. The second-order valence-electron chi connectivity index (χ2n) is 6.53. The molecule has 144 valence electrons. The summed E-state index contributed by atoms with van der Waals surface area (Å²) in [6, 6.07) is 7.62. The van der Waals surface area contributed by atoms with Crippen molar-refractivity contribution in [2.24, 2.45) is 5.92 Å². The fourth-order valence-corrected chi connectivity index (χ4v) is 3.62. The van der Waals surface area contributed by atoms with Crippen molar-refractivity contribution in [2.75, 3.05) is 6.54 Å². The number of benzene rings is 1. The van der Waals surface area contributed by atoms with E-state index in [-0.39, 0.29) is 30.0 Å². The molecule has 8 heteroatoms. The van der Waals surface area contributed by atoms with E-state index in [0.29, 0.717) is 0 Å². The average molecular weight is 390 g/mol. The lowest BCUT2D eigenvalue weighted by Crippen LogP contribution is -2.50. The lowest BCUT2D eigenvalue weighted by atomic mass is 10.0. The third-order valence-corrected chi connectivity index (χ3v) is 5.38. The van der Waals surface area contributed by atoms with Crippen LogP contribution in [-0.2, 0) is 25.6 Å². The molecule has 0 bridgehead atoms. The highest BCUT2D eigenvalue weighted by Gasteiger charge is 2.32.